The van der Waals surface area contributed by atoms with Crippen molar-refractivity contribution < 1.29 is 4.79 Å². The fourth-order valence-electron chi connectivity index (χ4n) is 2.74. The molecule has 1 aromatic heterocycles. The maximum Gasteiger partial charge on any atom is 0.263 e. The second-order valence-electron chi connectivity index (χ2n) is 6.41. The number of hydrogen-bond acceptors (Lipinski definition) is 5. The highest BCUT2D eigenvalue weighted by Crippen LogP contribution is 2.27. The first-order valence-corrected chi connectivity index (χ1v) is 10.7. The van der Waals surface area contributed by atoms with Crippen LogP contribution in [0.2, 0.25) is 0 Å². The van der Waals surface area contributed by atoms with Gasteiger partial charge in [-0.1, -0.05) is 41.2 Å². The molecule has 0 aliphatic heterocycles. The molecule has 0 atom stereocenters. The maximum atomic E-state index is 12.6. The fraction of sp³-hybridized carbons (Fsp3) is 0.238. The molecule has 0 aliphatic rings. The molecule has 0 unspecified atom stereocenters. The van der Waals surface area contributed by atoms with Gasteiger partial charge in [-0.25, -0.2) is 4.98 Å². The molecule has 3 rings (SSSR count). The number of aromatic nitrogens is 1. The lowest BCUT2D eigenvalue weighted by atomic mass is 10.1. The Balaban J connectivity index is 1.66. The van der Waals surface area contributed by atoms with Gasteiger partial charge in [0.25, 0.3) is 5.91 Å². The standard InChI is InChI=1S/C21H23N3OS2/c1-13-5-10-18(14(2)11-13)24-21-23-15(3)19(27-21)20(25)22-12-16-6-8-17(26-4)9-7-16/h5-11H,12H2,1-4H3,(H,22,25)(H,23,24). The van der Waals surface area contributed by atoms with E-state index < -0.39 is 0 Å². The lowest BCUT2D eigenvalue weighted by molar-refractivity contribution is 0.0954. The van der Waals surface area contributed by atoms with Gasteiger partial charge in [0, 0.05) is 17.1 Å². The highest BCUT2D eigenvalue weighted by atomic mass is 32.2. The van der Waals surface area contributed by atoms with Crippen LogP contribution in [0, 0.1) is 20.8 Å². The zero-order valence-electron chi connectivity index (χ0n) is 15.9. The van der Waals surface area contributed by atoms with Gasteiger partial charge < -0.3 is 10.6 Å². The first kappa shape index (κ1) is 19.5. The van der Waals surface area contributed by atoms with Gasteiger partial charge in [-0.3, -0.25) is 4.79 Å². The molecular weight excluding hydrogens is 374 g/mol. The van der Waals surface area contributed by atoms with E-state index in [4.69, 9.17) is 0 Å². The zero-order chi connectivity index (χ0) is 19.4. The Bertz CT molecular complexity index is 949. The van der Waals surface area contributed by atoms with Gasteiger partial charge >= 0.3 is 0 Å². The Labute approximate surface area is 168 Å². The molecule has 27 heavy (non-hydrogen) atoms. The van der Waals surface area contributed by atoms with Crippen LogP contribution in [-0.2, 0) is 6.54 Å². The van der Waals surface area contributed by atoms with Gasteiger partial charge in [-0.2, -0.15) is 0 Å². The van der Waals surface area contributed by atoms with E-state index in [1.54, 1.807) is 11.8 Å². The number of benzene rings is 2. The van der Waals surface area contributed by atoms with Gasteiger partial charge in [-0.05, 0) is 56.4 Å². The minimum Gasteiger partial charge on any atom is -0.347 e. The molecule has 0 bridgehead atoms. The van der Waals surface area contributed by atoms with Gasteiger partial charge in [0.15, 0.2) is 5.13 Å². The Morgan fingerprint density at radius 1 is 1.11 bits per heavy atom. The molecular formula is C21H23N3OS2. The van der Waals surface area contributed by atoms with Gasteiger partial charge in [0.1, 0.15) is 4.88 Å². The molecule has 140 valence electrons. The summed E-state index contributed by atoms with van der Waals surface area (Å²) in [6.07, 6.45) is 2.05. The van der Waals surface area contributed by atoms with E-state index >= 15 is 0 Å². The summed E-state index contributed by atoms with van der Waals surface area (Å²) in [5.41, 5.74) is 5.20. The van der Waals surface area contributed by atoms with Crippen LogP contribution in [0.4, 0.5) is 10.8 Å². The maximum absolute atomic E-state index is 12.6. The summed E-state index contributed by atoms with van der Waals surface area (Å²) < 4.78 is 0. The fourth-order valence-corrected chi connectivity index (χ4v) is 4.04. The van der Waals surface area contributed by atoms with Crippen molar-refractivity contribution >= 4 is 39.8 Å². The first-order valence-electron chi connectivity index (χ1n) is 8.69. The van der Waals surface area contributed by atoms with Crippen LogP contribution in [0.25, 0.3) is 0 Å². The molecule has 2 aromatic carbocycles. The Kier molecular flexibility index (Phi) is 6.19. The van der Waals surface area contributed by atoms with Crippen molar-refractivity contribution in [3.63, 3.8) is 0 Å². The lowest BCUT2D eigenvalue weighted by Crippen LogP contribution is -2.22. The number of thiazole rings is 1. The number of carbonyl (C=O) groups excluding carboxylic acids is 1. The van der Waals surface area contributed by atoms with Crippen LogP contribution >= 0.6 is 23.1 Å². The topological polar surface area (TPSA) is 54.0 Å². The Morgan fingerprint density at radius 3 is 2.52 bits per heavy atom. The van der Waals surface area contributed by atoms with E-state index in [0.29, 0.717) is 11.4 Å². The quantitative estimate of drug-likeness (QED) is 0.542. The normalized spacial score (nSPS) is 10.7. The summed E-state index contributed by atoms with van der Waals surface area (Å²) >= 11 is 3.08. The third kappa shape index (κ3) is 4.90. The summed E-state index contributed by atoms with van der Waals surface area (Å²) in [5, 5.41) is 7.04. The molecule has 0 aliphatic carbocycles. The minimum absolute atomic E-state index is 0.0902. The van der Waals surface area contributed by atoms with Crippen molar-refractivity contribution in [2.75, 3.05) is 11.6 Å². The average molecular weight is 398 g/mol. The molecule has 0 fully saturated rings. The largest absolute Gasteiger partial charge is 0.347 e. The number of nitrogens with one attached hydrogen (secondary N) is 2. The van der Waals surface area contributed by atoms with Crippen molar-refractivity contribution in [2.45, 2.75) is 32.2 Å². The second kappa shape index (κ2) is 8.59. The number of hydrogen-bond donors (Lipinski definition) is 2. The summed E-state index contributed by atoms with van der Waals surface area (Å²) in [7, 11) is 0. The van der Waals surface area contributed by atoms with E-state index in [1.807, 2.05) is 31.4 Å². The smallest absolute Gasteiger partial charge is 0.263 e. The van der Waals surface area contributed by atoms with Crippen molar-refractivity contribution in [1.29, 1.82) is 0 Å². The molecule has 6 heteroatoms. The van der Waals surface area contributed by atoms with Crippen molar-refractivity contribution in [3.8, 4) is 0 Å². The zero-order valence-corrected chi connectivity index (χ0v) is 17.6. The highest BCUT2D eigenvalue weighted by molar-refractivity contribution is 7.98. The van der Waals surface area contributed by atoms with Crippen LogP contribution in [-0.4, -0.2) is 17.1 Å². The molecule has 0 radical (unpaired) electrons. The van der Waals surface area contributed by atoms with Gasteiger partial charge in [0.05, 0.1) is 5.69 Å². The van der Waals surface area contributed by atoms with Crippen molar-refractivity contribution in [1.82, 2.24) is 10.3 Å². The molecule has 0 saturated heterocycles. The van der Waals surface area contributed by atoms with Crippen LogP contribution in [0.5, 0.6) is 0 Å². The van der Waals surface area contributed by atoms with Crippen LogP contribution in [0.1, 0.15) is 32.1 Å². The van der Waals surface area contributed by atoms with Gasteiger partial charge in [-0.15, -0.1) is 11.8 Å². The number of anilines is 2. The molecule has 0 spiro atoms. The van der Waals surface area contributed by atoms with Crippen LogP contribution in [0.15, 0.2) is 47.4 Å². The van der Waals surface area contributed by atoms with E-state index in [0.717, 1.165) is 27.6 Å². The van der Waals surface area contributed by atoms with Crippen LogP contribution in [0.3, 0.4) is 0 Å². The van der Waals surface area contributed by atoms with E-state index in [-0.39, 0.29) is 5.91 Å². The van der Waals surface area contributed by atoms with Crippen LogP contribution < -0.4 is 10.6 Å². The molecule has 2 N–H and O–H groups in total. The average Bonchev–Trinajstić information content (AvgIpc) is 3.03. The molecule has 1 amide bonds. The van der Waals surface area contributed by atoms with Crippen molar-refractivity contribution in [2.24, 2.45) is 0 Å². The number of rotatable bonds is 6. The third-order valence-electron chi connectivity index (χ3n) is 4.24. The monoisotopic (exact) mass is 397 g/mol. The summed E-state index contributed by atoms with van der Waals surface area (Å²) in [5.74, 6) is -0.0902. The second-order valence-corrected chi connectivity index (χ2v) is 8.29. The van der Waals surface area contributed by atoms with E-state index in [1.165, 1.54) is 21.8 Å². The Hall–Kier alpha value is -2.31. The van der Waals surface area contributed by atoms with E-state index in [9.17, 15) is 4.79 Å². The number of carbonyl (C=O) groups is 1. The summed E-state index contributed by atoms with van der Waals surface area (Å²) in [6, 6.07) is 14.4. The number of amides is 1. The number of thioether (sulfide) groups is 1. The molecule has 3 aromatic rings. The molecule has 1 heterocycles. The van der Waals surface area contributed by atoms with Gasteiger partial charge in [0.2, 0.25) is 0 Å². The van der Waals surface area contributed by atoms with Crippen molar-refractivity contribution in [3.05, 3.63) is 69.7 Å². The summed E-state index contributed by atoms with van der Waals surface area (Å²) in [4.78, 5) is 18.9. The first-order chi connectivity index (χ1) is 13.0. The predicted molar refractivity (Wildman–Crippen MR) is 115 cm³/mol. The third-order valence-corrected chi connectivity index (χ3v) is 6.05. The molecule has 4 nitrogen and oxygen atoms in total. The SMILES string of the molecule is CSc1ccc(CNC(=O)c2sc(Nc3ccc(C)cc3C)nc2C)cc1. The predicted octanol–water partition coefficient (Wildman–Crippen LogP) is 5.46. The lowest BCUT2D eigenvalue weighted by Gasteiger charge is -2.07. The molecule has 0 saturated carbocycles. The minimum atomic E-state index is -0.0902. The number of aryl methyl sites for hydroxylation is 3. The van der Waals surface area contributed by atoms with E-state index in [2.05, 4.69) is 53.7 Å². The Morgan fingerprint density at radius 2 is 1.85 bits per heavy atom. The number of nitrogens with zero attached hydrogens (tertiary/aromatic N) is 1. The summed E-state index contributed by atoms with van der Waals surface area (Å²) in [6.45, 7) is 6.50. The highest BCUT2D eigenvalue weighted by Gasteiger charge is 2.15.